The lowest BCUT2D eigenvalue weighted by Crippen LogP contribution is -2.50. The summed E-state index contributed by atoms with van der Waals surface area (Å²) >= 11 is 0. The third-order valence-corrected chi connectivity index (χ3v) is 12.5. The van der Waals surface area contributed by atoms with Crippen LogP contribution in [0.4, 0.5) is 13.2 Å². The van der Waals surface area contributed by atoms with E-state index in [-0.39, 0.29) is 22.1 Å². The van der Waals surface area contributed by atoms with E-state index in [0.717, 1.165) is 49.0 Å². The SMILES string of the molecule is Cc1ccc(-c2ccc(-c3ccc(C(c4ccccc4)(c4ccc(-c5ccc(-c6ccc(C7(C)CC[N+](C)(C)CC7)cc6)cc5)cc4)C(F)(F)F)cc3)cc2)cc1. The third kappa shape index (κ3) is 7.47. The van der Waals surface area contributed by atoms with Gasteiger partial charge in [-0.15, -0.1) is 0 Å². The van der Waals surface area contributed by atoms with Crippen molar-refractivity contribution >= 4 is 0 Å². The van der Waals surface area contributed by atoms with Crippen molar-refractivity contribution in [3.63, 3.8) is 0 Å². The molecule has 0 radical (unpaired) electrons. The topological polar surface area (TPSA) is 0 Å². The predicted octanol–water partition coefficient (Wildman–Crippen LogP) is 13.7. The van der Waals surface area contributed by atoms with Crippen LogP contribution in [0.5, 0.6) is 0 Å². The number of halogens is 3. The third-order valence-electron chi connectivity index (χ3n) is 12.5. The average Bonchev–Trinajstić information content (AvgIpc) is 3.23. The predicted molar refractivity (Wildman–Crippen MR) is 230 cm³/mol. The fourth-order valence-corrected chi connectivity index (χ4v) is 8.65. The van der Waals surface area contributed by atoms with Gasteiger partial charge < -0.3 is 4.48 Å². The molecular formula is C53H49F3N+. The van der Waals surface area contributed by atoms with Gasteiger partial charge in [-0.2, -0.15) is 13.2 Å². The zero-order chi connectivity index (χ0) is 39.8. The Hall–Kier alpha value is -5.71. The minimum absolute atomic E-state index is 0.171. The molecule has 7 aromatic rings. The van der Waals surface area contributed by atoms with Gasteiger partial charge in [0.1, 0.15) is 5.41 Å². The Morgan fingerprint density at radius 2 is 0.719 bits per heavy atom. The van der Waals surface area contributed by atoms with Crippen molar-refractivity contribution in [3.8, 4) is 44.5 Å². The van der Waals surface area contributed by atoms with E-state index in [9.17, 15) is 0 Å². The van der Waals surface area contributed by atoms with E-state index < -0.39 is 11.6 Å². The number of likely N-dealkylation sites (tertiary alicyclic amines) is 1. The van der Waals surface area contributed by atoms with Crippen LogP contribution < -0.4 is 0 Å². The molecule has 7 aromatic carbocycles. The molecule has 1 saturated heterocycles. The molecule has 286 valence electrons. The van der Waals surface area contributed by atoms with E-state index >= 15 is 13.2 Å². The molecule has 0 bridgehead atoms. The van der Waals surface area contributed by atoms with E-state index in [2.05, 4.69) is 113 Å². The van der Waals surface area contributed by atoms with Gasteiger partial charge in [0.2, 0.25) is 0 Å². The number of alkyl halides is 3. The van der Waals surface area contributed by atoms with Crippen molar-refractivity contribution in [3.05, 3.63) is 204 Å². The molecule has 1 nitrogen and oxygen atoms in total. The number of nitrogens with zero attached hydrogens (tertiary/aromatic N) is 1. The smallest absolute Gasteiger partial charge is 0.328 e. The van der Waals surface area contributed by atoms with Gasteiger partial charge in [-0.05, 0) is 73.7 Å². The maximum Gasteiger partial charge on any atom is 0.406 e. The van der Waals surface area contributed by atoms with Crippen LogP contribution >= 0.6 is 0 Å². The summed E-state index contributed by atoms with van der Waals surface area (Å²) in [4.78, 5) is 0. The fourth-order valence-electron chi connectivity index (χ4n) is 8.65. The van der Waals surface area contributed by atoms with E-state index in [1.807, 2.05) is 24.3 Å². The van der Waals surface area contributed by atoms with Crippen molar-refractivity contribution < 1.29 is 17.7 Å². The standard InChI is InChI=1S/C53H49F3N/c1-38-10-12-39(13-11-38)40-14-16-42(17-15-40)45-24-30-49(31-25-45)52(53(54,55)56,48-8-6-5-7-9-48)50-32-26-46(27-33-50)43-20-18-41(19-21-43)44-22-28-47(29-23-44)51(2)34-36-57(3,4)37-35-51/h5-33H,34-37H2,1-4H3/q+1. The van der Waals surface area contributed by atoms with E-state index in [1.54, 1.807) is 66.7 Å². The molecule has 1 atom stereocenters. The zero-order valence-electron chi connectivity index (χ0n) is 33.2. The van der Waals surface area contributed by atoms with Crippen LogP contribution in [0, 0.1) is 6.92 Å². The van der Waals surface area contributed by atoms with Crippen molar-refractivity contribution in [2.24, 2.45) is 0 Å². The maximum absolute atomic E-state index is 15.9. The summed E-state index contributed by atoms with van der Waals surface area (Å²) in [6, 6.07) is 55.9. The van der Waals surface area contributed by atoms with E-state index in [0.29, 0.717) is 0 Å². The Morgan fingerprint density at radius 1 is 0.421 bits per heavy atom. The van der Waals surface area contributed by atoms with Gasteiger partial charge in [0.25, 0.3) is 0 Å². The first kappa shape index (κ1) is 38.2. The van der Waals surface area contributed by atoms with Gasteiger partial charge in [0.15, 0.2) is 0 Å². The molecule has 1 aliphatic heterocycles. The first-order valence-electron chi connectivity index (χ1n) is 19.9. The number of benzene rings is 7. The van der Waals surface area contributed by atoms with Crippen LogP contribution in [0.1, 0.15) is 47.6 Å². The Bertz CT molecular complexity index is 2420. The van der Waals surface area contributed by atoms with E-state index in [1.165, 1.54) is 37.1 Å². The van der Waals surface area contributed by atoms with Crippen LogP contribution in [0.2, 0.25) is 0 Å². The lowest BCUT2D eigenvalue weighted by Gasteiger charge is -2.43. The second kappa shape index (κ2) is 15.0. The molecule has 0 saturated carbocycles. The summed E-state index contributed by atoms with van der Waals surface area (Å²) in [6.07, 6.45) is -2.27. The highest BCUT2D eigenvalue weighted by molar-refractivity contribution is 5.73. The Kier molecular flexibility index (Phi) is 10.0. The van der Waals surface area contributed by atoms with Crippen molar-refractivity contribution in [1.82, 2.24) is 0 Å². The molecule has 1 heterocycles. The zero-order valence-corrected chi connectivity index (χ0v) is 33.2. The largest absolute Gasteiger partial charge is 0.406 e. The van der Waals surface area contributed by atoms with Gasteiger partial charge in [-0.1, -0.05) is 188 Å². The van der Waals surface area contributed by atoms with Crippen molar-refractivity contribution in [2.45, 2.75) is 43.7 Å². The molecule has 4 heteroatoms. The number of aryl methyl sites for hydroxylation is 1. The van der Waals surface area contributed by atoms with Crippen molar-refractivity contribution in [2.75, 3.05) is 27.2 Å². The normalized spacial score (nSPS) is 16.1. The monoisotopic (exact) mass is 756 g/mol. The second-order valence-electron chi connectivity index (χ2n) is 16.8. The lowest BCUT2D eigenvalue weighted by atomic mass is 9.68. The summed E-state index contributed by atoms with van der Waals surface area (Å²) in [5, 5.41) is 0. The summed E-state index contributed by atoms with van der Waals surface area (Å²) < 4.78 is 48.8. The first-order valence-corrected chi connectivity index (χ1v) is 19.9. The Morgan fingerprint density at radius 3 is 1.07 bits per heavy atom. The van der Waals surface area contributed by atoms with Gasteiger partial charge in [0, 0.05) is 18.3 Å². The molecule has 0 amide bonds. The summed E-state index contributed by atoms with van der Waals surface area (Å²) in [5.41, 5.74) is 9.03. The highest BCUT2D eigenvalue weighted by Crippen LogP contribution is 2.51. The van der Waals surface area contributed by atoms with E-state index in [4.69, 9.17) is 0 Å². The van der Waals surface area contributed by atoms with Crippen LogP contribution in [-0.2, 0) is 10.8 Å². The van der Waals surface area contributed by atoms with Gasteiger partial charge in [-0.25, -0.2) is 0 Å². The minimum atomic E-state index is -4.63. The lowest BCUT2D eigenvalue weighted by molar-refractivity contribution is -0.896. The maximum atomic E-state index is 15.9. The molecule has 0 aromatic heterocycles. The van der Waals surface area contributed by atoms with Crippen LogP contribution in [0.15, 0.2) is 176 Å². The quantitative estimate of drug-likeness (QED) is 0.107. The molecular weight excluding hydrogens is 708 g/mol. The number of quaternary nitrogens is 1. The number of rotatable bonds is 8. The van der Waals surface area contributed by atoms with Gasteiger partial charge >= 0.3 is 6.18 Å². The molecule has 1 fully saturated rings. The van der Waals surface area contributed by atoms with Gasteiger partial charge in [0.05, 0.1) is 27.2 Å². The summed E-state index contributed by atoms with van der Waals surface area (Å²) in [7, 11) is 4.63. The molecule has 8 rings (SSSR count). The van der Waals surface area contributed by atoms with Crippen molar-refractivity contribution in [1.29, 1.82) is 0 Å². The Balaban J connectivity index is 1.07. The number of piperidine rings is 1. The van der Waals surface area contributed by atoms with Crippen LogP contribution in [0.25, 0.3) is 44.5 Å². The molecule has 1 unspecified atom stereocenters. The molecule has 0 N–H and O–H groups in total. The fraction of sp³-hybridized carbons (Fsp3) is 0.208. The summed E-state index contributed by atoms with van der Waals surface area (Å²) in [5.74, 6) is 0. The first-order chi connectivity index (χ1) is 27.3. The number of hydrogen-bond donors (Lipinski definition) is 0. The summed E-state index contributed by atoms with van der Waals surface area (Å²) in [6.45, 7) is 6.82. The molecule has 0 spiro atoms. The minimum Gasteiger partial charge on any atom is -0.328 e. The average molecular weight is 757 g/mol. The van der Waals surface area contributed by atoms with Crippen LogP contribution in [-0.4, -0.2) is 37.8 Å². The number of hydrogen-bond acceptors (Lipinski definition) is 0. The van der Waals surface area contributed by atoms with Crippen LogP contribution in [0.3, 0.4) is 0 Å². The highest BCUT2D eigenvalue weighted by atomic mass is 19.4. The molecule has 0 aliphatic carbocycles. The molecule has 57 heavy (non-hydrogen) atoms. The van der Waals surface area contributed by atoms with Gasteiger partial charge in [-0.3, -0.25) is 0 Å². The highest BCUT2D eigenvalue weighted by Gasteiger charge is 2.58. The second-order valence-corrected chi connectivity index (χ2v) is 16.8. The molecule has 1 aliphatic rings. The Labute approximate surface area is 335 Å².